The molecule has 0 bridgehead atoms. The topological polar surface area (TPSA) is 98.5 Å². The monoisotopic (exact) mass is 351 g/mol. The number of aliphatic imine (C=N–C) groups is 1. The molecule has 6 nitrogen and oxygen atoms in total. The number of nitrogens with one attached hydrogen (secondary N) is 1. The van der Waals surface area contributed by atoms with E-state index in [-0.39, 0.29) is 17.6 Å². The molecule has 9 heteroatoms. The van der Waals surface area contributed by atoms with Gasteiger partial charge in [0.25, 0.3) is 0 Å². The highest BCUT2D eigenvalue weighted by Crippen LogP contribution is 2.27. The van der Waals surface area contributed by atoms with E-state index in [2.05, 4.69) is 15.3 Å². The van der Waals surface area contributed by atoms with Crippen LogP contribution in [0.1, 0.15) is 5.69 Å². The third-order valence-corrected chi connectivity index (χ3v) is 3.00. The van der Waals surface area contributed by atoms with E-state index in [1.807, 2.05) is 0 Å². The van der Waals surface area contributed by atoms with Crippen molar-refractivity contribution in [1.82, 2.24) is 4.98 Å². The minimum absolute atomic E-state index is 0.0215. The first kappa shape index (κ1) is 18.1. The lowest BCUT2D eigenvalue weighted by Gasteiger charge is -2.10. The number of ether oxygens (including phenoxy) is 1. The lowest BCUT2D eigenvalue weighted by atomic mass is 10.2. The highest BCUT2D eigenvalue weighted by atomic mass is 19.4. The zero-order valence-electron chi connectivity index (χ0n) is 13.2. The number of anilines is 2. The van der Waals surface area contributed by atoms with Gasteiger partial charge in [0.2, 0.25) is 0 Å². The summed E-state index contributed by atoms with van der Waals surface area (Å²) in [6.45, 7) is 0. The quantitative estimate of drug-likeness (QED) is 0.436. The number of nitrogens with two attached hydrogens (primary N) is 2. The maximum Gasteiger partial charge on any atom is 0.411 e. The van der Waals surface area contributed by atoms with Crippen LogP contribution in [0.4, 0.5) is 24.5 Å². The van der Waals surface area contributed by atoms with Gasteiger partial charge in [-0.1, -0.05) is 0 Å². The fourth-order valence-corrected chi connectivity index (χ4v) is 1.85. The molecule has 0 fully saturated rings. The number of hydrogen-bond donors (Lipinski definition) is 3. The predicted molar refractivity (Wildman–Crippen MR) is 90.6 cm³/mol. The number of alkyl halides is 3. The smallest absolute Gasteiger partial charge is 0.411 e. The standard InChI is InChI=1S/C16H16F3N5O/c1-22-13-3-2-10(8-12(13)20)25-11-4-6-23-14(9-11)15(21)24-7-5-16(17,18)19/h2-9,22H,20H2,1H3,(H2,21,24)/b7-5+. The van der Waals surface area contributed by atoms with Gasteiger partial charge in [0.05, 0.1) is 11.4 Å². The molecule has 0 aliphatic carbocycles. The van der Waals surface area contributed by atoms with Gasteiger partial charge in [-0.2, -0.15) is 13.2 Å². The van der Waals surface area contributed by atoms with Crippen molar-refractivity contribution in [1.29, 1.82) is 0 Å². The van der Waals surface area contributed by atoms with Crippen LogP contribution in [0.15, 0.2) is 53.8 Å². The van der Waals surface area contributed by atoms with Crippen LogP contribution in [-0.4, -0.2) is 24.0 Å². The van der Waals surface area contributed by atoms with Crippen LogP contribution in [0.2, 0.25) is 0 Å². The van der Waals surface area contributed by atoms with Crippen LogP contribution in [0.3, 0.4) is 0 Å². The van der Waals surface area contributed by atoms with E-state index in [1.165, 1.54) is 12.3 Å². The summed E-state index contributed by atoms with van der Waals surface area (Å²) in [5, 5.41) is 2.93. The van der Waals surface area contributed by atoms with Crippen LogP contribution in [0.25, 0.3) is 0 Å². The Labute approximate surface area is 142 Å². The number of allylic oxidation sites excluding steroid dienone is 1. The van der Waals surface area contributed by atoms with Gasteiger partial charge in [-0.15, -0.1) is 0 Å². The molecule has 1 aromatic heterocycles. The minimum Gasteiger partial charge on any atom is -0.457 e. The number of aromatic nitrogens is 1. The maximum atomic E-state index is 12.1. The molecule has 0 atom stereocenters. The molecule has 0 radical (unpaired) electrons. The molecule has 1 aromatic carbocycles. The highest BCUT2D eigenvalue weighted by molar-refractivity contribution is 5.96. The molecule has 0 aliphatic rings. The first-order valence-electron chi connectivity index (χ1n) is 7.08. The summed E-state index contributed by atoms with van der Waals surface area (Å²) < 4.78 is 41.8. The van der Waals surface area contributed by atoms with Crippen LogP contribution in [0, 0.1) is 0 Å². The number of halogens is 3. The van der Waals surface area contributed by atoms with E-state index in [1.54, 1.807) is 31.3 Å². The molecule has 1 heterocycles. The average molecular weight is 351 g/mol. The Balaban J connectivity index is 2.17. The average Bonchev–Trinajstić information content (AvgIpc) is 2.54. The lowest BCUT2D eigenvalue weighted by molar-refractivity contribution is -0.0799. The molecule has 2 rings (SSSR count). The lowest BCUT2D eigenvalue weighted by Crippen LogP contribution is -2.14. The number of rotatable bonds is 5. The fourth-order valence-electron chi connectivity index (χ4n) is 1.85. The third-order valence-electron chi connectivity index (χ3n) is 3.00. The van der Waals surface area contributed by atoms with Crippen molar-refractivity contribution < 1.29 is 17.9 Å². The van der Waals surface area contributed by atoms with Crippen molar-refractivity contribution in [3.8, 4) is 11.5 Å². The van der Waals surface area contributed by atoms with Gasteiger partial charge in [-0.3, -0.25) is 4.98 Å². The second kappa shape index (κ2) is 7.56. The van der Waals surface area contributed by atoms with Crippen molar-refractivity contribution in [2.75, 3.05) is 18.1 Å². The molecule has 0 saturated heterocycles. The Morgan fingerprint density at radius 1 is 1.24 bits per heavy atom. The van der Waals surface area contributed by atoms with Gasteiger partial charge in [0.1, 0.15) is 23.0 Å². The normalized spacial score (nSPS) is 12.4. The fraction of sp³-hybridized carbons (Fsp3) is 0.125. The summed E-state index contributed by atoms with van der Waals surface area (Å²) in [6.07, 6.45) is -2.50. The summed E-state index contributed by atoms with van der Waals surface area (Å²) in [5.41, 5.74) is 12.9. The largest absolute Gasteiger partial charge is 0.457 e. The third kappa shape index (κ3) is 5.41. The predicted octanol–water partition coefficient (Wildman–Crippen LogP) is 3.28. The van der Waals surface area contributed by atoms with Crippen molar-refractivity contribution >= 4 is 17.2 Å². The summed E-state index contributed by atoms with van der Waals surface area (Å²) in [7, 11) is 1.75. The zero-order chi connectivity index (χ0) is 18.4. The Morgan fingerprint density at radius 2 is 1.96 bits per heavy atom. The molecule has 0 unspecified atom stereocenters. The summed E-state index contributed by atoms with van der Waals surface area (Å²) in [4.78, 5) is 7.47. The van der Waals surface area contributed by atoms with Crippen LogP contribution < -0.4 is 21.5 Å². The molecule has 0 aliphatic heterocycles. The molecule has 25 heavy (non-hydrogen) atoms. The summed E-state index contributed by atoms with van der Waals surface area (Å²) >= 11 is 0. The van der Waals surface area contributed by atoms with Crippen molar-refractivity contribution in [3.63, 3.8) is 0 Å². The van der Waals surface area contributed by atoms with Crippen molar-refractivity contribution in [2.45, 2.75) is 6.18 Å². The van der Waals surface area contributed by atoms with E-state index in [0.717, 1.165) is 5.69 Å². The van der Waals surface area contributed by atoms with E-state index in [0.29, 0.717) is 23.4 Å². The molecule has 132 valence electrons. The van der Waals surface area contributed by atoms with E-state index >= 15 is 0 Å². The van der Waals surface area contributed by atoms with Gasteiger partial charge in [0, 0.05) is 37.7 Å². The SMILES string of the molecule is CNc1ccc(Oc2ccnc(C(N)=N/C=C/C(F)(F)F)c2)cc1N. The number of amidine groups is 1. The molecule has 0 saturated carbocycles. The van der Waals surface area contributed by atoms with Gasteiger partial charge in [0.15, 0.2) is 0 Å². The second-order valence-corrected chi connectivity index (χ2v) is 4.85. The molecule has 2 aromatic rings. The van der Waals surface area contributed by atoms with E-state index in [9.17, 15) is 13.2 Å². The molecular weight excluding hydrogens is 335 g/mol. The number of benzene rings is 1. The molecule has 5 N–H and O–H groups in total. The summed E-state index contributed by atoms with van der Waals surface area (Å²) in [5.74, 6) is 0.705. The number of nitrogen functional groups attached to an aromatic ring is 1. The maximum absolute atomic E-state index is 12.1. The highest BCUT2D eigenvalue weighted by Gasteiger charge is 2.21. The number of nitrogens with zero attached hydrogens (tertiary/aromatic N) is 2. The first-order chi connectivity index (χ1) is 11.8. The van der Waals surface area contributed by atoms with Crippen LogP contribution >= 0.6 is 0 Å². The summed E-state index contributed by atoms with van der Waals surface area (Å²) in [6, 6.07) is 8.14. The van der Waals surface area contributed by atoms with Crippen LogP contribution in [0.5, 0.6) is 11.5 Å². The van der Waals surface area contributed by atoms with Gasteiger partial charge >= 0.3 is 6.18 Å². The minimum atomic E-state index is -4.46. The Morgan fingerprint density at radius 3 is 2.60 bits per heavy atom. The Kier molecular flexibility index (Phi) is 5.48. The van der Waals surface area contributed by atoms with E-state index < -0.39 is 6.18 Å². The van der Waals surface area contributed by atoms with Gasteiger partial charge < -0.3 is 21.5 Å². The van der Waals surface area contributed by atoms with Crippen molar-refractivity contribution in [2.24, 2.45) is 10.7 Å². The zero-order valence-corrected chi connectivity index (χ0v) is 13.2. The molecular formula is C16H16F3N5O. The molecule has 0 amide bonds. The Bertz CT molecular complexity index is 803. The van der Waals surface area contributed by atoms with Gasteiger partial charge in [-0.25, -0.2) is 4.99 Å². The van der Waals surface area contributed by atoms with E-state index in [4.69, 9.17) is 16.2 Å². The van der Waals surface area contributed by atoms with Crippen LogP contribution in [-0.2, 0) is 0 Å². The van der Waals surface area contributed by atoms with Gasteiger partial charge in [-0.05, 0) is 18.2 Å². The molecule has 0 spiro atoms. The number of pyridine rings is 1. The first-order valence-corrected chi connectivity index (χ1v) is 7.08. The van der Waals surface area contributed by atoms with Crippen molar-refractivity contribution in [3.05, 3.63) is 54.5 Å². The number of hydrogen-bond acceptors (Lipinski definition) is 5. The second-order valence-electron chi connectivity index (χ2n) is 4.85. The Hall–Kier alpha value is -3.23.